The van der Waals surface area contributed by atoms with E-state index in [1.165, 1.54) is 41.3 Å². The van der Waals surface area contributed by atoms with Gasteiger partial charge in [0.1, 0.15) is 4.90 Å². The molecule has 4 aromatic rings. The van der Waals surface area contributed by atoms with E-state index in [9.17, 15) is 13.2 Å². The fourth-order valence-corrected chi connectivity index (χ4v) is 6.47. The lowest BCUT2D eigenvalue weighted by molar-refractivity contribution is 0.102. The molecule has 0 spiro atoms. The van der Waals surface area contributed by atoms with E-state index in [4.69, 9.17) is 11.6 Å². The molecule has 0 aliphatic rings. The maximum Gasteiger partial charge on any atom is 0.263 e. The van der Waals surface area contributed by atoms with Crippen LogP contribution < -0.4 is 10.0 Å². The third kappa shape index (κ3) is 6.21. The van der Waals surface area contributed by atoms with Crippen molar-refractivity contribution in [2.24, 2.45) is 0 Å². The molecule has 1 aromatic heterocycles. The summed E-state index contributed by atoms with van der Waals surface area (Å²) in [6.07, 6.45) is 0. The maximum absolute atomic E-state index is 13.1. The first kappa shape index (κ1) is 25.2. The molecule has 0 radical (unpaired) electrons. The highest BCUT2D eigenvalue weighted by Crippen LogP contribution is 2.30. The summed E-state index contributed by atoms with van der Waals surface area (Å²) in [5.41, 5.74) is 3.48. The predicted octanol–water partition coefficient (Wildman–Crippen LogP) is 6.15. The number of rotatable bonds is 8. The van der Waals surface area contributed by atoms with Crippen molar-refractivity contribution in [2.45, 2.75) is 28.8 Å². The van der Waals surface area contributed by atoms with Crippen LogP contribution in [0.2, 0.25) is 5.02 Å². The molecule has 0 aliphatic carbocycles. The molecule has 0 saturated heterocycles. The Balaban J connectivity index is 1.48. The number of halogens is 1. The van der Waals surface area contributed by atoms with Crippen molar-refractivity contribution in [2.75, 3.05) is 10.0 Å². The molecule has 180 valence electrons. The SMILES string of the molecule is Cc1cccc(NS(=O)(=O)c2cc(C(=O)Nc3nnc(SCc4ccccc4)s3)ccc2Cl)c1C. The van der Waals surface area contributed by atoms with Crippen LogP contribution in [0.5, 0.6) is 0 Å². The van der Waals surface area contributed by atoms with E-state index in [0.717, 1.165) is 22.4 Å². The molecule has 35 heavy (non-hydrogen) atoms. The van der Waals surface area contributed by atoms with Gasteiger partial charge in [0.2, 0.25) is 5.13 Å². The van der Waals surface area contributed by atoms with Gasteiger partial charge in [0.15, 0.2) is 4.34 Å². The maximum atomic E-state index is 13.1. The van der Waals surface area contributed by atoms with Crippen molar-refractivity contribution in [3.8, 4) is 0 Å². The van der Waals surface area contributed by atoms with Crippen LogP contribution in [0.1, 0.15) is 27.0 Å². The van der Waals surface area contributed by atoms with Crippen molar-refractivity contribution in [1.82, 2.24) is 10.2 Å². The second-order valence-electron chi connectivity index (χ2n) is 7.60. The molecule has 0 bridgehead atoms. The molecular formula is C24H21ClN4O3S3. The normalized spacial score (nSPS) is 11.3. The van der Waals surface area contributed by atoms with Crippen LogP contribution in [-0.2, 0) is 15.8 Å². The molecule has 2 N–H and O–H groups in total. The van der Waals surface area contributed by atoms with Gasteiger partial charge in [0.05, 0.1) is 10.7 Å². The van der Waals surface area contributed by atoms with Crippen LogP contribution in [-0.4, -0.2) is 24.5 Å². The lowest BCUT2D eigenvalue weighted by Gasteiger charge is -2.13. The fourth-order valence-electron chi connectivity index (χ4n) is 3.12. The summed E-state index contributed by atoms with van der Waals surface area (Å²) in [6.45, 7) is 3.72. The van der Waals surface area contributed by atoms with E-state index in [0.29, 0.717) is 15.2 Å². The monoisotopic (exact) mass is 544 g/mol. The Morgan fingerprint density at radius 2 is 1.80 bits per heavy atom. The lowest BCUT2D eigenvalue weighted by atomic mass is 10.1. The standard InChI is InChI=1S/C24H21ClN4O3S3/c1-15-7-6-10-20(16(15)2)29-35(31,32)21-13-18(11-12-19(21)25)22(30)26-23-27-28-24(34-23)33-14-17-8-4-3-5-9-17/h3-13,29H,14H2,1-2H3,(H,26,27,30). The van der Waals surface area contributed by atoms with Crippen molar-refractivity contribution < 1.29 is 13.2 Å². The highest BCUT2D eigenvalue weighted by atomic mass is 35.5. The fraction of sp³-hybridized carbons (Fsp3) is 0.125. The molecule has 1 heterocycles. The number of hydrogen-bond acceptors (Lipinski definition) is 7. The van der Waals surface area contributed by atoms with Crippen LogP contribution in [0.4, 0.5) is 10.8 Å². The lowest BCUT2D eigenvalue weighted by Crippen LogP contribution is -2.17. The molecule has 3 aromatic carbocycles. The zero-order chi connectivity index (χ0) is 25.0. The topological polar surface area (TPSA) is 101 Å². The number of carbonyl (C=O) groups excluding carboxylic acids is 1. The Morgan fingerprint density at radius 3 is 2.57 bits per heavy atom. The van der Waals surface area contributed by atoms with Gasteiger partial charge in [-0.3, -0.25) is 14.8 Å². The molecule has 0 aliphatic heterocycles. The first-order valence-corrected chi connectivity index (χ1v) is 14.1. The minimum atomic E-state index is -4.03. The number of aryl methyl sites for hydroxylation is 1. The molecule has 0 unspecified atom stereocenters. The highest BCUT2D eigenvalue weighted by molar-refractivity contribution is 8.00. The number of sulfonamides is 1. The average Bonchev–Trinajstić information content (AvgIpc) is 3.28. The summed E-state index contributed by atoms with van der Waals surface area (Å²) in [4.78, 5) is 12.6. The van der Waals surface area contributed by atoms with Crippen molar-refractivity contribution in [1.29, 1.82) is 0 Å². The minimum Gasteiger partial charge on any atom is -0.296 e. The van der Waals surface area contributed by atoms with E-state index in [1.54, 1.807) is 12.1 Å². The number of amides is 1. The second kappa shape index (κ2) is 10.8. The predicted molar refractivity (Wildman–Crippen MR) is 142 cm³/mol. The average molecular weight is 545 g/mol. The Hall–Kier alpha value is -2.92. The third-order valence-electron chi connectivity index (χ3n) is 5.16. The first-order chi connectivity index (χ1) is 16.7. The van der Waals surface area contributed by atoms with E-state index < -0.39 is 15.9 Å². The Kier molecular flexibility index (Phi) is 7.75. The largest absolute Gasteiger partial charge is 0.296 e. The molecule has 1 amide bonds. The number of nitrogens with zero attached hydrogens (tertiary/aromatic N) is 2. The van der Waals surface area contributed by atoms with Gasteiger partial charge in [-0.05, 0) is 54.8 Å². The van der Waals surface area contributed by atoms with Gasteiger partial charge in [-0.2, -0.15) is 0 Å². The van der Waals surface area contributed by atoms with Gasteiger partial charge in [-0.15, -0.1) is 10.2 Å². The Bertz CT molecular complexity index is 1470. The van der Waals surface area contributed by atoms with Crippen molar-refractivity contribution >= 4 is 61.4 Å². The molecule has 11 heteroatoms. The van der Waals surface area contributed by atoms with Crippen LogP contribution in [0.3, 0.4) is 0 Å². The Labute approximate surface area is 217 Å². The second-order valence-corrected chi connectivity index (χ2v) is 11.9. The van der Waals surface area contributed by atoms with Crippen molar-refractivity contribution in [3.63, 3.8) is 0 Å². The molecule has 7 nitrogen and oxygen atoms in total. The number of thioether (sulfide) groups is 1. The number of benzene rings is 3. The zero-order valence-corrected chi connectivity index (χ0v) is 22.0. The minimum absolute atomic E-state index is 0.00914. The van der Waals surface area contributed by atoms with Gasteiger partial charge >= 0.3 is 0 Å². The van der Waals surface area contributed by atoms with E-state index in [1.807, 2.05) is 50.2 Å². The Morgan fingerprint density at radius 1 is 1.03 bits per heavy atom. The van der Waals surface area contributed by atoms with Gasteiger partial charge in [0, 0.05) is 11.3 Å². The summed E-state index contributed by atoms with van der Waals surface area (Å²) in [5, 5.41) is 11.1. The van der Waals surface area contributed by atoms with Gasteiger partial charge in [0.25, 0.3) is 15.9 Å². The van der Waals surface area contributed by atoms with Crippen LogP contribution in [0.25, 0.3) is 0 Å². The van der Waals surface area contributed by atoms with Gasteiger partial charge in [-0.1, -0.05) is 77.2 Å². The van der Waals surface area contributed by atoms with Gasteiger partial charge < -0.3 is 0 Å². The first-order valence-electron chi connectivity index (χ1n) is 10.4. The number of carbonyl (C=O) groups is 1. The van der Waals surface area contributed by atoms with E-state index in [2.05, 4.69) is 20.2 Å². The number of nitrogens with one attached hydrogen (secondary N) is 2. The smallest absolute Gasteiger partial charge is 0.263 e. The quantitative estimate of drug-likeness (QED) is 0.204. The third-order valence-corrected chi connectivity index (χ3v) is 9.05. The summed E-state index contributed by atoms with van der Waals surface area (Å²) >= 11 is 8.96. The summed E-state index contributed by atoms with van der Waals surface area (Å²) in [7, 11) is -4.03. The summed E-state index contributed by atoms with van der Waals surface area (Å²) in [5.74, 6) is 0.218. The van der Waals surface area contributed by atoms with Crippen LogP contribution in [0.15, 0.2) is 76.0 Å². The van der Waals surface area contributed by atoms with Crippen LogP contribution >= 0.6 is 34.7 Å². The number of anilines is 2. The summed E-state index contributed by atoms with van der Waals surface area (Å²) in [6, 6.07) is 19.4. The van der Waals surface area contributed by atoms with E-state index in [-0.39, 0.29) is 15.5 Å². The number of aromatic nitrogens is 2. The molecular weight excluding hydrogens is 524 g/mol. The molecule has 0 atom stereocenters. The zero-order valence-electron chi connectivity index (χ0n) is 18.8. The highest BCUT2D eigenvalue weighted by Gasteiger charge is 2.22. The number of hydrogen-bond donors (Lipinski definition) is 2. The summed E-state index contributed by atoms with van der Waals surface area (Å²) < 4.78 is 29.4. The van der Waals surface area contributed by atoms with Gasteiger partial charge in [-0.25, -0.2) is 8.42 Å². The molecule has 0 fully saturated rings. The van der Waals surface area contributed by atoms with Crippen molar-refractivity contribution in [3.05, 3.63) is 94.0 Å². The van der Waals surface area contributed by atoms with E-state index >= 15 is 0 Å². The van der Waals surface area contributed by atoms with Crippen LogP contribution in [0, 0.1) is 13.8 Å². The molecule has 4 rings (SSSR count). The molecule has 0 saturated carbocycles.